The Hall–Kier alpha value is -5.22. The predicted octanol–water partition coefficient (Wildman–Crippen LogP) is 9.06. The molecule has 38 heavy (non-hydrogen) atoms. The number of para-hydroxylation sites is 5. The molecule has 4 nitrogen and oxygen atoms in total. The summed E-state index contributed by atoms with van der Waals surface area (Å²) in [6.07, 6.45) is 5.59. The van der Waals surface area contributed by atoms with Crippen molar-refractivity contribution in [2.24, 2.45) is 0 Å². The van der Waals surface area contributed by atoms with Crippen LogP contribution in [-0.2, 0) is 0 Å². The highest BCUT2D eigenvalue weighted by Gasteiger charge is 2.30. The topological polar surface area (TPSA) is 32.3 Å². The molecule has 4 heteroatoms. The molecule has 1 aliphatic heterocycles. The van der Waals surface area contributed by atoms with Gasteiger partial charge in [-0.3, -0.25) is 9.88 Å². The maximum absolute atomic E-state index is 4.85. The van der Waals surface area contributed by atoms with Crippen LogP contribution in [0.2, 0.25) is 0 Å². The van der Waals surface area contributed by atoms with E-state index in [1.807, 2.05) is 18.5 Å². The van der Waals surface area contributed by atoms with Gasteiger partial charge in [-0.1, -0.05) is 72.8 Å². The molecule has 0 unspecified atom stereocenters. The lowest BCUT2D eigenvalue weighted by atomic mass is 10.0. The van der Waals surface area contributed by atoms with Gasteiger partial charge >= 0.3 is 0 Å². The number of hydrogen-bond donors (Lipinski definition) is 0. The summed E-state index contributed by atoms with van der Waals surface area (Å²) < 4.78 is 0. The van der Waals surface area contributed by atoms with Crippen molar-refractivity contribution in [2.45, 2.75) is 0 Å². The van der Waals surface area contributed by atoms with Gasteiger partial charge in [0, 0.05) is 24.3 Å². The van der Waals surface area contributed by atoms with Crippen LogP contribution in [0.25, 0.3) is 22.3 Å². The lowest BCUT2D eigenvalue weighted by Crippen LogP contribution is -2.24. The fourth-order valence-corrected chi connectivity index (χ4v) is 5.16. The average Bonchev–Trinajstić information content (AvgIpc) is 3.01. The van der Waals surface area contributed by atoms with Crippen molar-refractivity contribution in [2.75, 3.05) is 9.80 Å². The monoisotopic (exact) mass is 488 g/mol. The van der Waals surface area contributed by atoms with Gasteiger partial charge in [0.25, 0.3) is 0 Å². The Morgan fingerprint density at radius 3 is 1.61 bits per heavy atom. The van der Waals surface area contributed by atoms with E-state index >= 15 is 0 Å². The average molecular weight is 489 g/mol. The van der Waals surface area contributed by atoms with E-state index in [2.05, 4.69) is 136 Å². The molecule has 7 rings (SSSR count). The minimum absolute atomic E-state index is 0.881. The van der Waals surface area contributed by atoms with Crippen molar-refractivity contribution in [3.63, 3.8) is 0 Å². The maximum atomic E-state index is 4.85. The van der Waals surface area contributed by atoms with Gasteiger partial charge in [-0.05, 0) is 76.9 Å². The fourth-order valence-electron chi connectivity index (χ4n) is 5.16. The number of hydrogen-bond acceptors (Lipinski definition) is 4. The first-order valence-corrected chi connectivity index (χ1v) is 12.7. The van der Waals surface area contributed by atoms with Crippen molar-refractivity contribution in [3.05, 3.63) is 146 Å². The molecule has 0 amide bonds. The van der Waals surface area contributed by atoms with Crippen LogP contribution in [-0.4, -0.2) is 9.97 Å². The molecule has 0 spiro atoms. The van der Waals surface area contributed by atoms with Crippen molar-refractivity contribution in [1.29, 1.82) is 0 Å². The molecule has 0 bridgehead atoms. The van der Waals surface area contributed by atoms with Crippen LogP contribution in [0, 0.1) is 0 Å². The largest absolute Gasteiger partial charge is 0.306 e. The molecule has 0 saturated heterocycles. The molecule has 0 fully saturated rings. The summed E-state index contributed by atoms with van der Waals surface area (Å²) in [7, 11) is 0. The van der Waals surface area contributed by atoms with Gasteiger partial charge in [0.05, 0.1) is 22.7 Å². The molecule has 4 aromatic carbocycles. The molecular weight excluding hydrogens is 464 g/mol. The fraction of sp³-hybridized carbons (Fsp3) is 0. The second-order valence-electron chi connectivity index (χ2n) is 9.21. The van der Waals surface area contributed by atoms with Crippen LogP contribution in [0.5, 0.6) is 0 Å². The van der Waals surface area contributed by atoms with E-state index < -0.39 is 0 Å². The number of fused-ring (bicyclic) bond motifs is 2. The summed E-state index contributed by atoms with van der Waals surface area (Å²) in [6, 6.07) is 44.5. The second kappa shape index (κ2) is 9.34. The van der Waals surface area contributed by atoms with E-state index in [1.54, 1.807) is 6.20 Å². The molecule has 0 N–H and O–H groups in total. The van der Waals surface area contributed by atoms with Gasteiger partial charge in [-0.25, -0.2) is 4.98 Å². The maximum Gasteiger partial charge on any atom is 0.138 e. The van der Waals surface area contributed by atoms with E-state index in [0.29, 0.717) is 0 Å². The SMILES string of the molecule is c1ccc(N2c3ccccc3N(c3cc(-c4ccc(-c5cccnc5)cc4)ccn3)c3ccccc32)cc1. The number of rotatable bonds is 4. The molecule has 0 saturated carbocycles. The summed E-state index contributed by atoms with van der Waals surface area (Å²) in [5.74, 6) is 0.881. The highest BCUT2D eigenvalue weighted by atomic mass is 15.3. The normalized spacial score (nSPS) is 12.1. The van der Waals surface area contributed by atoms with Crippen LogP contribution >= 0.6 is 0 Å². The smallest absolute Gasteiger partial charge is 0.138 e. The van der Waals surface area contributed by atoms with Crippen LogP contribution < -0.4 is 9.80 Å². The number of aromatic nitrogens is 2. The molecule has 0 atom stereocenters. The number of pyridine rings is 2. The number of nitrogens with zero attached hydrogens (tertiary/aromatic N) is 4. The van der Waals surface area contributed by atoms with Crippen LogP contribution in [0.4, 0.5) is 34.3 Å². The molecule has 2 aromatic heterocycles. The Morgan fingerprint density at radius 1 is 0.421 bits per heavy atom. The van der Waals surface area contributed by atoms with E-state index in [-0.39, 0.29) is 0 Å². The zero-order valence-corrected chi connectivity index (χ0v) is 20.6. The third-order valence-electron chi connectivity index (χ3n) is 6.93. The van der Waals surface area contributed by atoms with Crippen LogP contribution in [0.3, 0.4) is 0 Å². The van der Waals surface area contributed by atoms with Crippen LogP contribution in [0.1, 0.15) is 0 Å². The predicted molar refractivity (Wildman–Crippen MR) is 156 cm³/mol. The van der Waals surface area contributed by atoms with Crippen LogP contribution in [0.15, 0.2) is 146 Å². The Bertz CT molecular complexity index is 1670. The second-order valence-corrected chi connectivity index (χ2v) is 9.21. The lowest BCUT2D eigenvalue weighted by Gasteiger charge is -2.39. The summed E-state index contributed by atoms with van der Waals surface area (Å²) in [5, 5.41) is 0. The minimum Gasteiger partial charge on any atom is -0.306 e. The van der Waals surface area contributed by atoms with Gasteiger partial charge in [0.1, 0.15) is 5.82 Å². The number of anilines is 6. The van der Waals surface area contributed by atoms with Gasteiger partial charge in [0.15, 0.2) is 0 Å². The zero-order valence-electron chi connectivity index (χ0n) is 20.6. The molecular formula is C34H24N4. The summed E-state index contributed by atoms with van der Waals surface area (Å²) in [6.45, 7) is 0. The first kappa shape index (κ1) is 22.0. The molecule has 0 aliphatic carbocycles. The summed E-state index contributed by atoms with van der Waals surface area (Å²) >= 11 is 0. The zero-order chi connectivity index (χ0) is 25.3. The lowest BCUT2D eigenvalue weighted by molar-refractivity contribution is 1.13. The minimum atomic E-state index is 0.881. The third-order valence-corrected chi connectivity index (χ3v) is 6.93. The quantitative estimate of drug-likeness (QED) is 0.247. The Kier molecular flexibility index (Phi) is 5.41. The van der Waals surface area contributed by atoms with Gasteiger partial charge in [0.2, 0.25) is 0 Å². The van der Waals surface area contributed by atoms with Gasteiger partial charge in [-0.15, -0.1) is 0 Å². The molecule has 0 radical (unpaired) electrons. The van der Waals surface area contributed by atoms with E-state index in [0.717, 1.165) is 56.5 Å². The standard InChI is InChI=1S/C34H24N4/c1-2-10-29(11-3-1)37-30-12-4-6-14-32(30)38(33-15-7-5-13-31(33)37)34-23-27(20-22-36-34)25-16-18-26(19-17-25)28-9-8-21-35-24-28/h1-24H. The highest BCUT2D eigenvalue weighted by molar-refractivity contribution is 6.01. The van der Waals surface area contributed by atoms with E-state index in [1.165, 1.54) is 0 Å². The number of benzene rings is 4. The molecule has 3 heterocycles. The van der Waals surface area contributed by atoms with E-state index in [4.69, 9.17) is 4.98 Å². The molecule has 6 aromatic rings. The first-order chi connectivity index (χ1) is 18.9. The van der Waals surface area contributed by atoms with Crippen molar-refractivity contribution >= 4 is 34.3 Å². The van der Waals surface area contributed by atoms with Crippen molar-refractivity contribution < 1.29 is 0 Å². The third kappa shape index (κ3) is 3.80. The van der Waals surface area contributed by atoms with E-state index in [9.17, 15) is 0 Å². The first-order valence-electron chi connectivity index (χ1n) is 12.7. The summed E-state index contributed by atoms with van der Waals surface area (Å²) in [4.78, 5) is 13.7. The molecule has 1 aliphatic rings. The van der Waals surface area contributed by atoms with Gasteiger partial charge in [-0.2, -0.15) is 0 Å². The Morgan fingerprint density at radius 2 is 1.00 bits per heavy atom. The van der Waals surface area contributed by atoms with Crippen molar-refractivity contribution in [1.82, 2.24) is 9.97 Å². The Labute approximate surface area is 222 Å². The van der Waals surface area contributed by atoms with Gasteiger partial charge < -0.3 is 4.90 Å². The highest BCUT2D eigenvalue weighted by Crippen LogP contribution is 2.53. The Balaban J connectivity index is 1.33. The molecule has 180 valence electrons. The summed E-state index contributed by atoms with van der Waals surface area (Å²) in [5.41, 5.74) is 10.1. The van der Waals surface area contributed by atoms with Crippen molar-refractivity contribution in [3.8, 4) is 22.3 Å².